The van der Waals surface area contributed by atoms with Crippen LogP contribution in [0.15, 0.2) is 48.5 Å². The van der Waals surface area contributed by atoms with Crippen molar-refractivity contribution >= 4 is 11.8 Å². The van der Waals surface area contributed by atoms with Crippen LogP contribution in [0.5, 0.6) is 0 Å². The van der Waals surface area contributed by atoms with Gasteiger partial charge in [-0.3, -0.25) is 14.9 Å². The minimum atomic E-state index is -5.02. The van der Waals surface area contributed by atoms with Crippen LogP contribution in [0.2, 0.25) is 0 Å². The van der Waals surface area contributed by atoms with Gasteiger partial charge in [0.15, 0.2) is 0 Å². The Kier molecular flexibility index (Phi) is 8.34. The van der Waals surface area contributed by atoms with Crippen LogP contribution in [0.3, 0.4) is 0 Å². The zero-order valence-corrected chi connectivity index (χ0v) is 20.5. The van der Waals surface area contributed by atoms with Gasteiger partial charge < -0.3 is 10.6 Å². The molecule has 4 rings (SSSR count). The largest absolute Gasteiger partial charge is 0.416 e. The van der Waals surface area contributed by atoms with E-state index in [9.17, 15) is 35.9 Å². The van der Waals surface area contributed by atoms with Gasteiger partial charge in [-0.25, -0.2) is 0 Å². The summed E-state index contributed by atoms with van der Waals surface area (Å²) in [5.74, 6) is -1.03. The van der Waals surface area contributed by atoms with E-state index in [1.54, 1.807) is 0 Å². The quantitative estimate of drug-likeness (QED) is 0.416. The van der Waals surface area contributed by atoms with E-state index in [1.807, 2.05) is 30.3 Å². The molecule has 2 aliphatic rings. The number of rotatable bonds is 6. The predicted octanol–water partition coefficient (Wildman–Crippen LogP) is 5.62. The van der Waals surface area contributed by atoms with Crippen molar-refractivity contribution in [1.82, 2.24) is 16.0 Å². The predicted molar refractivity (Wildman–Crippen MR) is 128 cm³/mol. The molecule has 38 heavy (non-hydrogen) atoms. The molecule has 2 atom stereocenters. The van der Waals surface area contributed by atoms with Crippen molar-refractivity contribution in [3.8, 4) is 0 Å². The van der Waals surface area contributed by atoms with Crippen LogP contribution in [0.1, 0.15) is 71.6 Å². The van der Waals surface area contributed by atoms with Crippen molar-refractivity contribution in [1.29, 1.82) is 0 Å². The van der Waals surface area contributed by atoms with Gasteiger partial charge in [-0.05, 0) is 68.2 Å². The van der Waals surface area contributed by atoms with Gasteiger partial charge in [0.25, 0.3) is 5.91 Å². The molecule has 1 saturated heterocycles. The first-order valence-electron chi connectivity index (χ1n) is 12.6. The van der Waals surface area contributed by atoms with E-state index < -0.39 is 35.0 Å². The van der Waals surface area contributed by atoms with Crippen LogP contribution in [0, 0.1) is 5.92 Å². The van der Waals surface area contributed by atoms with Gasteiger partial charge in [0, 0.05) is 24.2 Å². The van der Waals surface area contributed by atoms with Gasteiger partial charge in [0.1, 0.15) is 0 Å². The molecule has 0 aromatic heterocycles. The number of nitrogens with one attached hydrogen (secondary N) is 3. The number of carbonyl (C=O) groups excluding carboxylic acids is 2. The van der Waals surface area contributed by atoms with Crippen LogP contribution >= 0.6 is 0 Å². The first kappa shape index (κ1) is 27.9. The molecule has 2 aromatic rings. The van der Waals surface area contributed by atoms with Gasteiger partial charge in [0.05, 0.1) is 17.2 Å². The van der Waals surface area contributed by atoms with Gasteiger partial charge in [-0.15, -0.1) is 0 Å². The number of alkyl halides is 6. The third kappa shape index (κ3) is 7.06. The Bertz CT molecular complexity index is 1100. The van der Waals surface area contributed by atoms with Crippen molar-refractivity contribution in [2.75, 3.05) is 6.54 Å². The highest BCUT2D eigenvalue weighted by molar-refractivity contribution is 5.94. The molecule has 0 bridgehead atoms. The number of hydrogen-bond donors (Lipinski definition) is 3. The molecule has 5 nitrogen and oxygen atoms in total. The van der Waals surface area contributed by atoms with Gasteiger partial charge in [-0.2, -0.15) is 26.3 Å². The van der Waals surface area contributed by atoms with Crippen molar-refractivity contribution in [3.05, 3.63) is 70.8 Å². The van der Waals surface area contributed by atoms with Crippen molar-refractivity contribution in [2.45, 2.75) is 69.0 Å². The maximum Gasteiger partial charge on any atom is 0.416 e. The minimum Gasteiger partial charge on any atom is -0.352 e. The van der Waals surface area contributed by atoms with E-state index in [0.29, 0.717) is 37.8 Å². The summed E-state index contributed by atoms with van der Waals surface area (Å²) in [5.41, 5.74) is -2.60. The van der Waals surface area contributed by atoms with Crippen molar-refractivity contribution in [3.63, 3.8) is 0 Å². The first-order chi connectivity index (χ1) is 17.9. The number of carbonyl (C=O) groups is 2. The van der Waals surface area contributed by atoms with Gasteiger partial charge >= 0.3 is 12.4 Å². The van der Waals surface area contributed by atoms with E-state index in [0.717, 1.165) is 18.4 Å². The molecule has 3 N–H and O–H groups in total. The van der Waals surface area contributed by atoms with Crippen LogP contribution in [0.25, 0.3) is 0 Å². The Balaban J connectivity index is 1.24. The highest BCUT2D eigenvalue weighted by Crippen LogP contribution is 2.36. The molecule has 1 aliphatic heterocycles. The van der Waals surface area contributed by atoms with E-state index in [2.05, 4.69) is 16.0 Å². The highest BCUT2D eigenvalue weighted by atomic mass is 19.4. The van der Waals surface area contributed by atoms with E-state index in [4.69, 9.17) is 0 Å². The average Bonchev–Trinajstić information content (AvgIpc) is 3.38. The smallest absolute Gasteiger partial charge is 0.352 e. The Labute approximate surface area is 216 Å². The SMILES string of the molecule is O=C(NC[C@H]1CC[C@@H](NC(=O)[C@H]2CC[C@@H](c3ccccc3)N2)CC1)c1cc(C(F)(F)F)cc(C(F)(F)F)c1. The van der Waals surface area contributed by atoms with Crippen LogP contribution in [-0.4, -0.2) is 30.4 Å². The summed E-state index contributed by atoms with van der Waals surface area (Å²) < 4.78 is 78.4. The molecule has 0 unspecified atom stereocenters. The van der Waals surface area contributed by atoms with Gasteiger partial charge in [-0.1, -0.05) is 30.3 Å². The summed E-state index contributed by atoms with van der Waals surface area (Å²) in [6.07, 6.45) is -5.78. The molecule has 2 aromatic carbocycles. The first-order valence-corrected chi connectivity index (χ1v) is 12.6. The third-order valence-electron chi connectivity index (χ3n) is 7.26. The molecular formula is C27H29F6N3O2. The lowest BCUT2D eigenvalue weighted by atomic mass is 9.85. The second-order valence-corrected chi connectivity index (χ2v) is 9.99. The fraction of sp³-hybridized carbons (Fsp3) is 0.481. The molecule has 206 valence electrons. The Morgan fingerprint density at radius 1 is 0.816 bits per heavy atom. The zero-order valence-electron chi connectivity index (χ0n) is 20.5. The van der Waals surface area contributed by atoms with E-state index in [1.165, 1.54) is 0 Å². The number of benzene rings is 2. The minimum absolute atomic E-state index is 0.00470. The fourth-order valence-electron chi connectivity index (χ4n) is 5.14. The molecular weight excluding hydrogens is 512 g/mol. The molecule has 1 saturated carbocycles. The maximum atomic E-state index is 13.1. The standard InChI is InChI=1S/C27H29F6N3O2/c28-26(29,30)19-12-18(13-20(14-19)27(31,32)33)24(37)34-15-16-6-8-21(9-7-16)35-25(38)23-11-10-22(36-23)17-4-2-1-3-5-17/h1-5,12-14,16,21-23,36H,6-11,15H2,(H,34,37)(H,35,38)/t16-,21+,22-,23+/m0/s1. The number of halogens is 6. The van der Waals surface area contributed by atoms with E-state index >= 15 is 0 Å². The molecule has 2 fully saturated rings. The summed E-state index contributed by atoms with van der Waals surface area (Å²) in [6, 6.07) is 10.6. The lowest BCUT2D eigenvalue weighted by molar-refractivity contribution is -0.143. The van der Waals surface area contributed by atoms with Crippen molar-refractivity contribution < 1.29 is 35.9 Å². The lowest BCUT2D eigenvalue weighted by Gasteiger charge is -2.30. The Morgan fingerprint density at radius 3 is 2.00 bits per heavy atom. The monoisotopic (exact) mass is 541 g/mol. The molecule has 0 radical (unpaired) electrons. The highest BCUT2D eigenvalue weighted by Gasteiger charge is 2.38. The molecule has 11 heteroatoms. The van der Waals surface area contributed by atoms with Crippen LogP contribution in [-0.2, 0) is 17.1 Å². The van der Waals surface area contributed by atoms with Crippen LogP contribution < -0.4 is 16.0 Å². The van der Waals surface area contributed by atoms with E-state index in [-0.39, 0.29) is 42.6 Å². The molecule has 1 aliphatic carbocycles. The van der Waals surface area contributed by atoms with Crippen LogP contribution in [0.4, 0.5) is 26.3 Å². The van der Waals surface area contributed by atoms with Crippen molar-refractivity contribution in [2.24, 2.45) is 5.92 Å². The summed E-state index contributed by atoms with van der Waals surface area (Å²) in [5, 5.41) is 8.94. The zero-order chi connectivity index (χ0) is 27.5. The molecule has 1 heterocycles. The summed E-state index contributed by atoms with van der Waals surface area (Å²) in [6.45, 7) is 0.125. The maximum absolute atomic E-state index is 13.1. The molecule has 2 amide bonds. The third-order valence-corrected chi connectivity index (χ3v) is 7.26. The second-order valence-electron chi connectivity index (χ2n) is 9.99. The molecule has 0 spiro atoms. The summed E-state index contributed by atoms with van der Waals surface area (Å²) >= 11 is 0. The summed E-state index contributed by atoms with van der Waals surface area (Å²) in [7, 11) is 0. The Morgan fingerprint density at radius 2 is 1.42 bits per heavy atom. The average molecular weight is 542 g/mol. The topological polar surface area (TPSA) is 70.2 Å². The van der Waals surface area contributed by atoms with Gasteiger partial charge in [0.2, 0.25) is 5.91 Å². The Hall–Kier alpha value is -3.08. The normalized spacial score (nSPS) is 24.2. The summed E-state index contributed by atoms with van der Waals surface area (Å²) in [4.78, 5) is 25.2. The lowest BCUT2D eigenvalue weighted by Crippen LogP contribution is -2.47. The second kappa shape index (κ2) is 11.3. The number of hydrogen-bond acceptors (Lipinski definition) is 3. The number of amides is 2. The fourth-order valence-corrected chi connectivity index (χ4v) is 5.14.